The van der Waals surface area contributed by atoms with Crippen molar-refractivity contribution in [2.24, 2.45) is 0 Å². The summed E-state index contributed by atoms with van der Waals surface area (Å²) in [4.78, 5) is 26.3. The number of hydrogen-bond donors (Lipinski definition) is 2. The van der Waals surface area contributed by atoms with Crippen LogP contribution in [-0.2, 0) is 9.59 Å². The van der Waals surface area contributed by atoms with Gasteiger partial charge in [-0.2, -0.15) is 0 Å². The lowest BCUT2D eigenvalue weighted by Gasteiger charge is -2.07. The van der Waals surface area contributed by atoms with Crippen LogP contribution in [0.3, 0.4) is 0 Å². The second kappa shape index (κ2) is 7.56. The number of aromatic nitrogens is 1. The summed E-state index contributed by atoms with van der Waals surface area (Å²) < 4.78 is 5.41. The summed E-state index contributed by atoms with van der Waals surface area (Å²) in [6.07, 6.45) is -0.107. The largest absolute Gasteiger partial charge is 0.484 e. The third kappa shape index (κ3) is 4.85. The molecule has 2 aromatic rings. The minimum Gasteiger partial charge on any atom is -0.484 e. The zero-order chi connectivity index (χ0) is 15.9. The number of carboxylic acids is 1. The van der Waals surface area contributed by atoms with Gasteiger partial charge in [0, 0.05) is 17.5 Å². The van der Waals surface area contributed by atoms with Gasteiger partial charge in [0.25, 0.3) is 5.91 Å². The maximum Gasteiger partial charge on any atom is 0.305 e. The number of rotatable bonds is 7. The Kier molecular flexibility index (Phi) is 5.48. The minimum atomic E-state index is -0.951. The van der Waals surface area contributed by atoms with E-state index >= 15 is 0 Å². The highest BCUT2D eigenvalue weighted by Gasteiger charge is 2.06. The third-order valence-electron chi connectivity index (χ3n) is 2.78. The Morgan fingerprint density at radius 3 is 2.91 bits per heavy atom. The van der Waals surface area contributed by atoms with Gasteiger partial charge in [-0.25, -0.2) is 4.98 Å². The summed E-state index contributed by atoms with van der Waals surface area (Å²) in [7, 11) is 0. The van der Waals surface area contributed by atoms with Gasteiger partial charge < -0.3 is 15.2 Å². The molecule has 0 bridgehead atoms. The van der Waals surface area contributed by atoms with Crippen molar-refractivity contribution in [3.05, 3.63) is 34.7 Å². The van der Waals surface area contributed by atoms with Crippen LogP contribution in [0.25, 0.3) is 11.3 Å². The number of amides is 1. The van der Waals surface area contributed by atoms with Crippen LogP contribution < -0.4 is 10.1 Å². The summed E-state index contributed by atoms with van der Waals surface area (Å²) in [6, 6.07) is 7.34. The monoisotopic (exact) mass is 320 g/mol. The Labute approximate surface area is 131 Å². The van der Waals surface area contributed by atoms with Gasteiger partial charge in [-0.3, -0.25) is 9.59 Å². The SMILES string of the molecule is Cc1nc(-c2cccc(OCC(=O)NCCC(=O)O)c2)cs1. The van der Waals surface area contributed by atoms with Gasteiger partial charge in [-0.05, 0) is 19.1 Å². The van der Waals surface area contributed by atoms with Crippen LogP contribution in [0.1, 0.15) is 11.4 Å². The van der Waals surface area contributed by atoms with Crippen LogP contribution in [0, 0.1) is 6.92 Å². The van der Waals surface area contributed by atoms with E-state index in [0.717, 1.165) is 16.3 Å². The van der Waals surface area contributed by atoms with Crippen molar-refractivity contribution in [2.75, 3.05) is 13.2 Å². The first-order valence-corrected chi connectivity index (χ1v) is 7.56. The molecule has 22 heavy (non-hydrogen) atoms. The first-order valence-electron chi connectivity index (χ1n) is 6.68. The number of carboxylic acid groups (broad SMARTS) is 1. The number of nitrogens with zero attached hydrogens (tertiary/aromatic N) is 1. The zero-order valence-electron chi connectivity index (χ0n) is 12.0. The number of aliphatic carboxylic acids is 1. The molecule has 1 amide bonds. The molecule has 1 heterocycles. The smallest absolute Gasteiger partial charge is 0.305 e. The van der Waals surface area contributed by atoms with Gasteiger partial charge >= 0.3 is 5.97 Å². The maximum absolute atomic E-state index is 11.5. The quantitative estimate of drug-likeness (QED) is 0.815. The van der Waals surface area contributed by atoms with E-state index in [-0.39, 0.29) is 25.5 Å². The first-order chi connectivity index (χ1) is 10.5. The Hall–Kier alpha value is -2.41. The molecule has 7 heteroatoms. The fraction of sp³-hybridized carbons (Fsp3) is 0.267. The molecule has 0 radical (unpaired) electrons. The first kappa shape index (κ1) is 16.0. The van der Waals surface area contributed by atoms with Gasteiger partial charge in [-0.1, -0.05) is 12.1 Å². The molecule has 0 saturated heterocycles. The fourth-order valence-electron chi connectivity index (χ4n) is 1.75. The average molecular weight is 320 g/mol. The molecule has 1 aromatic heterocycles. The van der Waals surface area contributed by atoms with E-state index in [1.54, 1.807) is 17.4 Å². The molecule has 0 aliphatic carbocycles. The van der Waals surface area contributed by atoms with Crippen LogP contribution >= 0.6 is 11.3 Å². The summed E-state index contributed by atoms with van der Waals surface area (Å²) in [5.41, 5.74) is 1.80. The lowest BCUT2D eigenvalue weighted by Crippen LogP contribution is -2.30. The summed E-state index contributed by atoms with van der Waals surface area (Å²) in [6.45, 7) is 1.88. The van der Waals surface area contributed by atoms with E-state index in [4.69, 9.17) is 9.84 Å². The Balaban J connectivity index is 1.88. The summed E-state index contributed by atoms with van der Waals surface area (Å²) >= 11 is 1.57. The molecular formula is C15H16N2O4S. The molecular weight excluding hydrogens is 304 g/mol. The topological polar surface area (TPSA) is 88.5 Å². The zero-order valence-corrected chi connectivity index (χ0v) is 12.9. The van der Waals surface area contributed by atoms with Crippen molar-refractivity contribution in [1.29, 1.82) is 0 Å². The molecule has 0 aliphatic rings. The molecule has 2 N–H and O–H groups in total. The lowest BCUT2D eigenvalue weighted by molar-refractivity contribution is -0.137. The van der Waals surface area contributed by atoms with Crippen molar-refractivity contribution in [2.45, 2.75) is 13.3 Å². The van der Waals surface area contributed by atoms with Crippen LogP contribution in [0.5, 0.6) is 5.75 Å². The molecule has 0 spiro atoms. The van der Waals surface area contributed by atoms with E-state index in [0.29, 0.717) is 5.75 Å². The lowest BCUT2D eigenvalue weighted by atomic mass is 10.2. The van der Waals surface area contributed by atoms with Crippen molar-refractivity contribution in [3.63, 3.8) is 0 Å². The van der Waals surface area contributed by atoms with Crippen LogP contribution in [-0.4, -0.2) is 35.1 Å². The molecule has 6 nitrogen and oxygen atoms in total. The van der Waals surface area contributed by atoms with E-state index in [1.165, 1.54) is 0 Å². The number of aryl methyl sites for hydroxylation is 1. The maximum atomic E-state index is 11.5. The Morgan fingerprint density at radius 1 is 1.41 bits per heavy atom. The highest BCUT2D eigenvalue weighted by molar-refractivity contribution is 7.09. The van der Waals surface area contributed by atoms with Crippen LogP contribution in [0.15, 0.2) is 29.6 Å². The molecule has 116 valence electrons. The molecule has 0 aliphatic heterocycles. The van der Waals surface area contributed by atoms with Gasteiger partial charge in [0.05, 0.1) is 17.1 Å². The second-order valence-corrected chi connectivity index (χ2v) is 5.62. The van der Waals surface area contributed by atoms with Gasteiger partial charge in [0.15, 0.2) is 6.61 Å². The predicted octanol–water partition coefficient (Wildman–Crippen LogP) is 2.09. The minimum absolute atomic E-state index is 0.0929. The number of carbonyl (C=O) groups excluding carboxylic acids is 1. The number of thiazole rings is 1. The van der Waals surface area contributed by atoms with Crippen molar-refractivity contribution >= 4 is 23.2 Å². The number of nitrogens with one attached hydrogen (secondary N) is 1. The Morgan fingerprint density at radius 2 is 2.23 bits per heavy atom. The second-order valence-electron chi connectivity index (χ2n) is 4.56. The average Bonchev–Trinajstić information content (AvgIpc) is 2.92. The molecule has 2 rings (SSSR count). The van der Waals surface area contributed by atoms with E-state index in [1.807, 2.05) is 30.5 Å². The van der Waals surface area contributed by atoms with Gasteiger partial charge in [-0.15, -0.1) is 11.3 Å². The van der Waals surface area contributed by atoms with Crippen molar-refractivity contribution in [3.8, 4) is 17.0 Å². The van der Waals surface area contributed by atoms with E-state index < -0.39 is 5.97 Å². The van der Waals surface area contributed by atoms with E-state index in [2.05, 4.69) is 10.3 Å². The molecule has 1 aromatic carbocycles. The van der Waals surface area contributed by atoms with Crippen LogP contribution in [0.2, 0.25) is 0 Å². The number of ether oxygens (including phenoxy) is 1. The molecule has 0 atom stereocenters. The normalized spacial score (nSPS) is 10.2. The van der Waals surface area contributed by atoms with Gasteiger partial charge in [0.1, 0.15) is 5.75 Å². The van der Waals surface area contributed by atoms with Gasteiger partial charge in [0.2, 0.25) is 0 Å². The van der Waals surface area contributed by atoms with Crippen molar-refractivity contribution in [1.82, 2.24) is 10.3 Å². The van der Waals surface area contributed by atoms with Crippen LogP contribution in [0.4, 0.5) is 0 Å². The number of benzene rings is 1. The summed E-state index contributed by atoms with van der Waals surface area (Å²) in [5.74, 6) is -0.736. The Bertz CT molecular complexity index is 669. The highest BCUT2D eigenvalue weighted by atomic mass is 32.1. The molecule has 0 fully saturated rings. The fourth-order valence-corrected chi connectivity index (χ4v) is 2.37. The third-order valence-corrected chi connectivity index (χ3v) is 3.55. The molecule has 0 saturated carbocycles. The van der Waals surface area contributed by atoms with Crippen molar-refractivity contribution < 1.29 is 19.4 Å². The predicted molar refractivity (Wildman–Crippen MR) is 83.0 cm³/mol. The summed E-state index contributed by atoms with van der Waals surface area (Å²) in [5, 5.41) is 13.9. The standard InChI is InChI=1S/C15H16N2O4S/c1-10-17-13(9-22-10)11-3-2-4-12(7-11)21-8-14(18)16-6-5-15(19)20/h2-4,7,9H,5-6,8H2,1H3,(H,16,18)(H,19,20). The highest BCUT2D eigenvalue weighted by Crippen LogP contribution is 2.25. The number of hydrogen-bond acceptors (Lipinski definition) is 5. The number of carbonyl (C=O) groups is 2. The molecule has 0 unspecified atom stereocenters. The van der Waals surface area contributed by atoms with E-state index in [9.17, 15) is 9.59 Å².